The highest BCUT2D eigenvalue weighted by Gasteiger charge is 2.35. The summed E-state index contributed by atoms with van der Waals surface area (Å²) in [6.07, 6.45) is 3.06. The predicted octanol–water partition coefficient (Wildman–Crippen LogP) is 6.08. The van der Waals surface area contributed by atoms with E-state index in [2.05, 4.69) is 11.4 Å². The molecule has 1 atom stereocenters. The summed E-state index contributed by atoms with van der Waals surface area (Å²) in [6, 6.07) is 15.1. The SMILES string of the molecule is Cc1ccc(C(=O)N(CC(=O)N2CCc3sccc3[C@@H]2COc2ccc(Cl)c(C)c2)CC2CC2)cc1. The number of aryl methyl sites for hydroxylation is 2. The van der Waals surface area contributed by atoms with Crippen LogP contribution < -0.4 is 4.74 Å². The molecule has 1 fully saturated rings. The van der Waals surface area contributed by atoms with Crippen LogP contribution in [0.1, 0.15) is 50.8 Å². The summed E-state index contributed by atoms with van der Waals surface area (Å²) in [5.41, 5.74) is 3.83. The first-order valence-corrected chi connectivity index (χ1v) is 13.8. The van der Waals surface area contributed by atoms with Gasteiger partial charge in [-0.1, -0.05) is 29.3 Å². The van der Waals surface area contributed by atoms with E-state index in [4.69, 9.17) is 16.3 Å². The van der Waals surface area contributed by atoms with E-state index in [9.17, 15) is 9.59 Å². The van der Waals surface area contributed by atoms with E-state index in [1.54, 1.807) is 16.2 Å². The van der Waals surface area contributed by atoms with Crippen molar-refractivity contribution in [3.8, 4) is 5.75 Å². The van der Waals surface area contributed by atoms with Crippen LogP contribution in [0.5, 0.6) is 5.75 Å². The maximum Gasteiger partial charge on any atom is 0.254 e. The molecule has 2 aromatic carbocycles. The lowest BCUT2D eigenvalue weighted by Gasteiger charge is -2.37. The molecule has 1 aromatic heterocycles. The molecule has 1 aliphatic heterocycles. The molecule has 2 amide bonds. The molecule has 0 unspecified atom stereocenters. The zero-order chi connectivity index (χ0) is 25.2. The summed E-state index contributed by atoms with van der Waals surface area (Å²) < 4.78 is 6.17. The molecule has 188 valence electrons. The summed E-state index contributed by atoms with van der Waals surface area (Å²) in [5, 5.41) is 2.78. The molecule has 36 heavy (non-hydrogen) atoms. The van der Waals surface area contributed by atoms with Gasteiger partial charge in [0, 0.05) is 28.6 Å². The quantitative estimate of drug-likeness (QED) is 0.360. The van der Waals surface area contributed by atoms with E-state index < -0.39 is 0 Å². The van der Waals surface area contributed by atoms with Gasteiger partial charge in [-0.3, -0.25) is 9.59 Å². The lowest BCUT2D eigenvalue weighted by atomic mass is 10.00. The van der Waals surface area contributed by atoms with E-state index in [1.165, 1.54) is 4.88 Å². The second-order valence-corrected chi connectivity index (χ2v) is 11.3. The third-order valence-electron chi connectivity index (χ3n) is 7.04. The molecular formula is C29H31ClN2O3S. The number of hydrogen-bond donors (Lipinski definition) is 0. The van der Waals surface area contributed by atoms with Crippen LogP contribution in [0.2, 0.25) is 5.02 Å². The molecule has 2 aliphatic rings. The number of amides is 2. The monoisotopic (exact) mass is 522 g/mol. The van der Waals surface area contributed by atoms with Crippen molar-refractivity contribution in [2.45, 2.75) is 39.2 Å². The van der Waals surface area contributed by atoms with Gasteiger partial charge in [0.25, 0.3) is 5.91 Å². The third kappa shape index (κ3) is 5.60. The second-order valence-electron chi connectivity index (χ2n) is 9.87. The van der Waals surface area contributed by atoms with Crippen molar-refractivity contribution in [1.29, 1.82) is 0 Å². The lowest BCUT2D eigenvalue weighted by molar-refractivity contribution is -0.135. The van der Waals surface area contributed by atoms with Crippen molar-refractivity contribution in [3.63, 3.8) is 0 Å². The smallest absolute Gasteiger partial charge is 0.254 e. The Morgan fingerprint density at radius 3 is 2.61 bits per heavy atom. The van der Waals surface area contributed by atoms with Crippen LogP contribution in [0.3, 0.4) is 0 Å². The Morgan fingerprint density at radius 2 is 1.89 bits per heavy atom. The zero-order valence-electron chi connectivity index (χ0n) is 20.7. The molecule has 7 heteroatoms. The van der Waals surface area contributed by atoms with E-state index in [0.717, 1.165) is 41.7 Å². The van der Waals surface area contributed by atoms with Gasteiger partial charge in [-0.2, -0.15) is 0 Å². The van der Waals surface area contributed by atoms with Crippen molar-refractivity contribution < 1.29 is 14.3 Å². The van der Waals surface area contributed by atoms with Gasteiger partial charge in [0.2, 0.25) is 5.91 Å². The number of halogens is 1. The van der Waals surface area contributed by atoms with Crippen molar-refractivity contribution in [3.05, 3.63) is 86.1 Å². The first kappa shape index (κ1) is 24.8. The fourth-order valence-corrected chi connectivity index (χ4v) is 5.77. The molecule has 1 aliphatic carbocycles. The summed E-state index contributed by atoms with van der Waals surface area (Å²) in [6.45, 7) is 5.63. The Bertz CT molecular complexity index is 1250. The number of rotatable bonds is 8. The summed E-state index contributed by atoms with van der Waals surface area (Å²) in [5.74, 6) is 1.11. The highest BCUT2D eigenvalue weighted by atomic mass is 35.5. The van der Waals surface area contributed by atoms with Crippen LogP contribution in [0.25, 0.3) is 0 Å². The lowest BCUT2D eigenvalue weighted by Crippen LogP contribution is -2.48. The van der Waals surface area contributed by atoms with Gasteiger partial charge in [-0.25, -0.2) is 0 Å². The fraction of sp³-hybridized carbons (Fsp3) is 0.379. The standard InChI is InChI=1S/C29H31ClN2O3S/c1-19-3-7-22(8-4-19)29(34)31(16-21-5-6-21)17-28(33)32-13-11-27-24(12-14-36-27)26(32)18-35-23-9-10-25(30)20(2)15-23/h3-4,7-10,12,14-15,21,26H,5-6,11,13,16-18H2,1-2H3/t26-/m0/s1. The number of benzene rings is 2. The van der Waals surface area contributed by atoms with Gasteiger partial charge < -0.3 is 14.5 Å². The number of carbonyl (C=O) groups is 2. The molecule has 0 spiro atoms. The zero-order valence-corrected chi connectivity index (χ0v) is 22.3. The van der Waals surface area contributed by atoms with Crippen LogP contribution in [0, 0.1) is 19.8 Å². The maximum atomic E-state index is 13.7. The van der Waals surface area contributed by atoms with E-state index in [1.807, 2.05) is 61.2 Å². The highest BCUT2D eigenvalue weighted by molar-refractivity contribution is 7.10. The predicted molar refractivity (Wildman–Crippen MR) is 144 cm³/mol. The normalized spacial score (nSPS) is 17.0. The number of carbonyl (C=O) groups excluding carboxylic acids is 2. The van der Waals surface area contributed by atoms with Gasteiger partial charge in [0.1, 0.15) is 18.9 Å². The Balaban J connectivity index is 1.34. The molecule has 5 rings (SSSR count). The number of ether oxygens (including phenoxy) is 1. The van der Waals surface area contributed by atoms with E-state index >= 15 is 0 Å². The third-order valence-corrected chi connectivity index (χ3v) is 8.46. The van der Waals surface area contributed by atoms with Crippen molar-refractivity contribution in [2.75, 3.05) is 26.2 Å². The number of hydrogen-bond acceptors (Lipinski definition) is 4. The molecule has 3 aromatic rings. The first-order valence-electron chi connectivity index (χ1n) is 12.5. The molecule has 0 bridgehead atoms. The number of nitrogens with zero attached hydrogens (tertiary/aromatic N) is 2. The molecule has 0 saturated heterocycles. The van der Waals surface area contributed by atoms with E-state index in [0.29, 0.717) is 36.2 Å². The molecular weight excluding hydrogens is 492 g/mol. The van der Waals surface area contributed by atoms with Crippen molar-refractivity contribution in [1.82, 2.24) is 9.80 Å². The van der Waals surface area contributed by atoms with Gasteiger partial charge in [0.05, 0.1) is 6.04 Å². The van der Waals surface area contributed by atoms with Crippen molar-refractivity contribution in [2.24, 2.45) is 5.92 Å². The van der Waals surface area contributed by atoms with Gasteiger partial charge in [-0.05, 0) is 91.9 Å². The first-order chi connectivity index (χ1) is 17.4. The van der Waals surface area contributed by atoms with Crippen LogP contribution in [-0.2, 0) is 11.2 Å². The Kier molecular flexibility index (Phi) is 7.35. The second kappa shape index (κ2) is 10.7. The minimum absolute atomic E-state index is 0.0335. The van der Waals surface area contributed by atoms with Crippen LogP contribution in [0.15, 0.2) is 53.9 Å². The highest BCUT2D eigenvalue weighted by Crippen LogP contribution is 2.35. The average molecular weight is 523 g/mol. The largest absolute Gasteiger partial charge is 0.491 e. The Labute approximate surface area is 221 Å². The van der Waals surface area contributed by atoms with Crippen molar-refractivity contribution >= 4 is 34.8 Å². The topological polar surface area (TPSA) is 49.9 Å². The molecule has 1 saturated carbocycles. The summed E-state index contributed by atoms with van der Waals surface area (Å²) >= 11 is 7.90. The summed E-state index contributed by atoms with van der Waals surface area (Å²) in [4.78, 5) is 32.0. The fourth-order valence-electron chi connectivity index (χ4n) is 4.72. The van der Waals surface area contributed by atoms with Gasteiger partial charge in [0.15, 0.2) is 0 Å². The number of fused-ring (bicyclic) bond motifs is 1. The molecule has 0 N–H and O–H groups in total. The van der Waals surface area contributed by atoms with E-state index in [-0.39, 0.29) is 24.4 Å². The molecule has 0 radical (unpaired) electrons. The van der Waals surface area contributed by atoms with Crippen LogP contribution >= 0.6 is 22.9 Å². The maximum absolute atomic E-state index is 13.7. The minimum atomic E-state index is -0.194. The van der Waals surface area contributed by atoms with Gasteiger partial charge >= 0.3 is 0 Å². The van der Waals surface area contributed by atoms with Crippen LogP contribution in [-0.4, -0.2) is 47.9 Å². The number of thiophene rings is 1. The average Bonchev–Trinajstić information content (AvgIpc) is 3.56. The Hall–Kier alpha value is -2.83. The summed E-state index contributed by atoms with van der Waals surface area (Å²) in [7, 11) is 0. The van der Waals surface area contributed by atoms with Gasteiger partial charge in [-0.15, -0.1) is 11.3 Å². The molecule has 5 nitrogen and oxygen atoms in total. The van der Waals surface area contributed by atoms with Crippen LogP contribution in [0.4, 0.5) is 0 Å². The molecule has 2 heterocycles. The minimum Gasteiger partial charge on any atom is -0.491 e. The Morgan fingerprint density at radius 1 is 1.11 bits per heavy atom.